The van der Waals surface area contributed by atoms with Crippen LogP contribution in [0.1, 0.15) is 18.1 Å². The van der Waals surface area contributed by atoms with Gasteiger partial charge in [0.15, 0.2) is 0 Å². The molecular formula is C11H16O2S. The van der Waals surface area contributed by atoms with Gasteiger partial charge in [-0.15, -0.1) is 0 Å². The Kier molecular flexibility index (Phi) is 4.29. The zero-order chi connectivity index (χ0) is 10.6. The Hall–Kier alpha value is -0.670. The van der Waals surface area contributed by atoms with Crippen LogP contribution in [0, 0.1) is 5.92 Å². The fourth-order valence-corrected chi connectivity index (χ4v) is 1.49. The van der Waals surface area contributed by atoms with Crippen molar-refractivity contribution >= 4 is 12.6 Å². The van der Waals surface area contributed by atoms with Gasteiger partial charge < -0.3 is 10.2 Å². The maximum Gasteiger partial charge on any atom is 0.121 e. The zero-order valence-electron chi connectivity index (χ0n) is 8.27. The highest BCUT2D eigenvalue weighted by Crippen LogP contribution is 2.20. The minimum Gasteiger partial charge on any atom is -0.508 e. The van der Waals surface area contributed by atoms with E-state index in [-0.39, 0.29) is 12.4 Å². The Bertz CT molecular complexity index is 299. The molecule has 0 fully saturated rings. The van der Waals surface area contributed by atoms with Gasteiger partial charge in [-0.1, -0.05) is 13.0 Å². The molecule has 1 aromatic carbocycles. The fraction of sp³-hybridized carbons (Fsp3) is 0.455. The average molecular weight is 212 g/mol. The summed E-state index contributed by atoms with van der Waals surface area (Å²) in [7, 11) is 0. The molecule has 0 saturated heterocycles. The van der Waals surface area contributed by atoms with Crippen LogP contribution in [-0.2, 0) is 13.0 Å². The first-order chi connectivity index (χ1) is 6.67. The summed E-state index contributed by atoms with van der Waals surface area (Å²) in [6.07, 6.45) is 0.927. The van der Waals surface area contributed by atoms with E-state index in [0.717, 1.165) is 17.7 Å². The van der Waals surface area contributed by atoms with E-state index in [2.05, 4.69) is 19.6 Å². The first kappa shape index (κ1) is 11.4. The monoisotopic (exact) mass is 212 g/mol. The van der Waals surface area contributed by atoms with E-state index in [1.807, 2.05) is 12.1 Å². The van der Waals surface area contributed by atoms with Crippen molar-refractivity contribution < 1.29 is 10.2 Å². The number of aromatic hydroxyl groups is 1. The molecule has 1 aromatic rings. The highest BCUT2D eigenvalue weighted by molar-refractivity contribution is 7.80. The molecule has 1 unspecified atom stereocenters. The molecule has 0 aliphatic carbocycles. The summed E-state index contributed by atoms with van der Waals surface area (Å²) >= 11 is 4.22. The first-order valence-electron chi connectivity index (χ1n) is 4.70. The van der Waals surface area contributed by atoms with Gasteiger partial charge in [-0.25, -0.2) is 0 Å². The van der Waals surface area contributed by atoms with E-state index in [1.54, 1.807) is 6.07 Å². The summed E-state index contributed by atoms with van der Waals surface area (Å²) < 4.78 is 0. The highest BCUT2D eigenvalue weighted by atomic mass is 32.1. The number of hydrogen-bond donors (Lipinski definition) is 3. The minimum absolute atomic E-state index is 0.116. The maximum absolute atomic E-state index is 9.35. The topological polar surface area (TPSA) is 40.5 Å². The van der Waals surface area contributed by atoms with Crippen molar-refractivity contribution in [2.75, 3.05) is 5.75 Å². The molecule has 2 nitrogen and oxygen atoms in total. The van der Waals surface area contributed by atoms with E-state index < -0.39 is 0 Å². The predicted molar refractivity (Wildman–Crippen MR) is 60.8 cm³/mol. The summed E-state index contributed by atoms with van der Waals surface area (Å²) in [5.41, 5.74) is 1.72. The van der Waals surface area contributed by atoms with Gasteiger partial charge in [0, 0.05) is 5.56 Å². The summed E-state index contributed by atoms with van der Waals surface area (Å²) in [6, 6.07) is 5.36. The first-order valence-corrected chi connectivity index (χ1v) is 5.33. The maximum atomic E-state index is 9.35. The number of phenols is 1. The van der Waals surface area contributed by atoms with Crippen LogP contribution in [0.5, 0.6) is 5.75 Å². The van der Waals surface area contributed by atoms with Crippen LogP contribution >= 0.6 is 12.6 Å². The average Bonchev–Trinajstić information content (AvgIpc) is 2.20. The van der Waals surface area contributed by atoms with Crippen LogP contribution in [0.15, 0.2) is 18.2 Å². The predicted octanol–water partition coefficient (Wildman–Crippen LogP) is 1.99. The highest BCUT2D eigenvalue weighted by Gasteiger charge is 2.05. The Morgan fingerprint density at radius 2 is 2.14 bits per heavy atom. The molecule has 0 amide bonds. The van der Waals surface area contributed by atoms with Gasteiger partial charge in [0.25, 0.3) is 0 Å². The van der Waals surface area contributed by atoms with Crippen molar-refractivity contribution in [3.8, 4) is 5.75 Å². The number of aliphatic hydroxyl groups is 1. The van der Waals surface area contributed by atoms with Crippen molar-refractivity contribution in [1.82, 2.24) is 0 Å². The van der Waals surface area contributed by atoms with Crippen molar-refractivity contribution in [2.24, 2.45) is 5.92 Å². The van der Waals surface area contributed by atoms with Crippen molar-refractivity contribution in [3.63, 3.8) is 0 Å². The molecule has 78 valence electrons. The molecule has 1 atom stereocenters. The second-order valence-electron chi connectivity index (χ2n) is 3.61. The largest absolute Gasteiger partial charge is 0.508 e. The van der Waals surface area contributed by atoms with Gasteiger partial charge >= 0.3 is 0 Å². The van der Waals surface area contributed by atoms with Gasteiger partial charge in [-0.05, 0) is 35.8 Å². The van der Waals surface area contributed by atoms with E-state index in [4.69, 9.17) is 5.11 Å². The summed E-state index contributed by atoms with van der Waals surface area (Å²) in [4.78, 5) is 0. The SMILES string of the molecule is CC(CS)Cc1ccc(O)c(CO)c1. The molecule has 0 aliphatic heterocycles. The molecule has 14 heavy (non-hydrogen) atoms. The normalized spacial score (nSPS) is 12.8. The molecule has 0 saturated carbocycles. The Morgan fingerprint density at radius 1 is 1.43 bits per heavy atom. The number of benzene rings is 1. The van der Waals surface area contributed by atoms with Gasteiger partial charge in [-0.3, -0.25) is 0 Å². The van der Waals surface area contributed by atoms with Gasteiger partial charge in [0.1, 0.15) is 5.75 Å². The smallest absolute Gasteiger partial charge is 0.121 e. The Balaban J connectivity index is 2.79. The number of rotatable bonds is 4. The van der Waals surface area contributed by atoms with Crippen LogP contribution in [0.4, 0.5) is 0 Å². The van der Waals surface area contributed by atoms with Crippen molar-refractivity contribution in [2.45, 2.75) is 20.0 Å². The lowest BCUT2D eigenvalue weighted by Crippen LogP contribution is -2.01. The summed E-state index contributed by atoms with van der Waals surface area (Å²) in [5, 5.41) is 18.3. The lowest BCUT2D eigenvalue weighted by molar-refractivity contribution is 0.275. The molecule has 1 rings (SSSR count). The van der Waals surface area contributed by atoms with E-state index in [0.29, 0.717) is 11.5 Å². The molecule has 0 radical (unpaired) electrons. The fourth-order valence-electron chi connectivity index (χ4n) is 1.36. The van der Waals surface area contributed by atoms with Crippen molar-refractivity contribution in [3.05, 3.63) is 29.3 Å². The molecule has 0 bridgehead atoms. The number of hydrogen-bond acceptors (Lipinski definition) is 3. The Labute approximate surface area is 90.0 Å². The van der Waals surface area contributed by atoms with Crippen LogP contribution in [0.3, 0.4) is 0 Å². The van der Waals surface area contributed by atoms with Gasteiger partial charge in [-0.2, -0.15) is 12.6 Å². The van der Waals surface area contributed by atoms with Crippen LogP contribution in [0.2, 0.25) is 0 Å². The third kappa shape index (κ3) is 2.93. The van der Waals surface area contributed by atoms with Gasteiger partial charge in [0.2, 0.25) is 0 Å². The third-order valence-corrected chi connectivity index (χ3v) is 2.83. The molecule has 2 N–H and O–H groups in total. The van der Waals surface area contributed by atoms with E-state index in [9.17, 15) is 5.11 Å². The zero-order valence-corrected chi connectivity index (χ0v) is 9.17. The van der Waals surface area contributed by atoms with Crippen LogP contribution < -0.4 is 0 Å². The second-order valence-corrected chi connectivity index (χ2v) is 3.98. The summed E-state index contributed by atoms with van der Waals surface area (Å²) in [6.45, 7) is 2.01. The number of thiol groups is 1. The van der Waals surface area contributed by atoms with Crippen LogP contribution in [-0.4, -0.2) is 16.0 Å². The molecule has 0 aliphatic rings. The Morgan fingerprint density at radius 3 is 2.71 bits per heavy atom. The molecular weight excluding hydrogens is 196 g/mol. The second kappa shape index (κ2) is 5.27. The third-order valence-electron chi connectivity index (χ3n) is 2.21. The number of aliphatic hydroxyl groups excluding tert-OH is 1. The molecule has 3 heteroatoms. The van der Waals surface area contributed by atoms with E-state index in [1.165, 1.54) is 0 Å². The summed E-state index contributed by atoms with van der Waals surface area (Å²) in [5.74, 6) is 1.51. The van der Waals surface area contributed by atoms with E-state index >= 15 is 0 Å². The quantitative estimate of drug-likeness (QED) is 0.668. The molecule has 0 aromatic heterocycles. The van der Waals surface area contributed by atoms with Crippen molar-refractivity contribution in [1.29, 1.82) is 0 Å². The van der Waals surface area contributed by atoms with Gasteiger partial charge in [0.05, 0.1) is 6.61 Å². The van der Waals surface area contributed by atoms with Crippen LogP contribution in [0.25, 0.3) is 0 Å². The minimum atomic E-state index is -0.116. The lowest BCUT2D eigenvalue weighted by atomic mass is 10.0. The standard InChI is InChI=1S/C11H16O2S/c1-8(7-14)4-9-2-3-11(13)10(5-9)6-12/h2-3,5,8,12-14H,4,6-7H2,1H3. The molecule has 0 spiro atoms. The molecule has 0 heterocycles. The lowest BCUT2D eigenvalue weighted by Gasteiger charge is -2.09.